The molecule has 1 aromatic heterocycles. The zero-order valence-corrected chi connectivity index (χ0v) is 30.7. The number of hydrogen-bond acceptors (Lipinski definition) is 2. The van der Waals surface area contributed by atoms with Gasteiger partial charge in [-0.3, -0.25) is 4.99 Å². The van der Waals surface area contributed by atoms with E-state index in [4.69, 9.17) is 14.4 Å². The van der Waals surface area contributed by atoms with Crippen LogP contribution in [0.3, 0.4) is 0 Å². The first-order valence-corrected chi connectivity index (χ1v) is 18.7. The van der Waals surface area contributed by atoms with Crippen LogP contribution < -0.4 is 0 Å². The van der Waals surface area contributed by atoms with Crippen molar-refractivity contribution >= 4 is 40.3 Å². The second kappa shape index (κ2) is 15.5. The van der Waals surface area contributed by atoms with E-state index < -0.39 is 0 Å². The van der Waals surface area contributed by atoms with E-state index in [-0.39, 0.29) is 0 Å². The zero-order valence-electron chi connectivity index (χ0n) is 30.7. The van der Waals surface area contributed by atoms with Crippen LogP contribution in [-0.2, 0) is 6.54 Å². The fraction of sp³-hybridized carbons (Fsp3) is 0.0192. The highest BCUT2D eigenvalue weighted by Gasteiger charge is 2.17. The molecule has 0 fully saturated rings. The van der Waals surface area contributed by atoms with Crippen LogP contribution in [0.4, 0.5) is 0 Å². The molecule has 8 aromatic carbocycles. The van der Waals surface area contributed by atoms with E-state index in [0.717, 1.165) is 60.9 Å². The molecule has 0 aliphatic carbocycles. The maximum absolute atomic E-state index is 6.48. The van der Waals surface area contributed by atoms with Crippen LogP contribution in [0.15, 0.2) is 220 Å². The third-order valence-electron chi connectivity index (χ3n) is 10.1. The molecule has 0 amide bonds. The van der Waals surface area contributed by atoms with E-state index in [2.05, 4.69) is 163 Å². The summed E-state index contributed by atoms with van der Waals surface area (Å²) in [4.78, 5) is 14.7. The molecule has 4 nitrogen and oxygen atoms in total. The van der Waals surface area contributed by atoms with Crippen molar-refractivity contribution < 1.29 is 4.42 Å². The molecule has 0 spiro atoms. The molecule has 0 aliphatic heterocycles. The highest BCUT2D eigenvalue weighted by atomic mass is 16.3. The molecular formula is C52H37N3O. The van der Waals surface area contributed by atoms with E-state index in [1.807, 2.05) is 48.5 Å². The highest BCUT2D eigenvalue weighted by Crippen LogP contribution is 2.35. The van der Waals surface area contributed by atoms with Crippen molar-refractivity contribution in [1.29, 1.82) is 0 Å². The molecule has 0 atom stereocenters. The summed E-state index contributed by atoms with van der Waals surface area (Å²) in [6, 6.07) is 69.2. The van der Waals surface area contributed by atoms with Crippen LogP contribution in [0.1, 0.15) is 16.7 Å². The summed E-state index contributed by atoms with van der Waals surface area (Å²) in [5.74, 6) is 1.06. The van der Waals surface area contributed by atoms with Crippen molar-refractivity contribution in [2.24, 2.45) is 15.0 Å². The average molecular weight is 720 g/mol. The Morgan fingerprint density at radius 1 is 0.429 bits per heavy atom. The monoisotopic (exact) mass is 719 g/mol. The molecule has 0 N–H and O–H groups in total. The molecule has 0 saturated heterocycles. The fourth-order valence-electron chi connectivity index (χ4n) is 7.20. The number of fused-ring (bicyclic) bond motifs is 3. The van der Waals surface area contributed by atoms with E-state index in [9.17, 15) is 0 Å². The van der Waals surface area contributed by atoms with Gasteiger partial charge in [0.25, 0.3) is 0 Å². The Kier molecular flexibility index (Phi) is 9.51. The molecule has 0 bridgehead atoms. The minimum Gasteiger partial charge on any atom is -0.456 e. The van der Waals surface area contributed by atoms with Crippen LogP contribution in [0.25, 0.3) is 66.4 Å². The Bertz CT molecular complexity index is 2840. The molecule has 0 saturated carbocycles. The van der Waals surface area contributed by atoms with Gasteiger partial charge in [-0.1, -0.05) is 182 Å². The molecule has 266 valence electrons. The number of amidine groups is 2. The van der Waals surface area contributed by atoms with Crippen molar-refractivity contribution in [3.05, 3.63) is 217 Å². The maximum Gasteiger partial charge on any atom is 0.161 e. The summed E-state index contributed by atoms with van der Waals surface area (Å²) in [5, 5.41) is 1.93. The van der Waals surface area contributed by atoms with Gasteiger partial charge in [0.1, 0.15) is 11.2 Å². The summed E-state index contributed by atoms with van der Waals surface area (Å²) >= 11 is 0. The van der Waals surface area contributed by atoms with Gasteiger partial charge >= 0.3 is 0 Å². The normalized spacial score (nSPS) is 11.9. The summed E-state index contributed by atoms with van der Waals surface area (Å²) in [6.45, 7) is 4.45. The van der Waals surface area contributed by atoms with E-state index >= 15 is 0 Å². The molecule has 9 rings (SSSR count). The van der Waals surface area contributed by atoms with Crippen LogP contribution in [-0.4, -0.2) is 18.4 Å². The number of nitrogens with zero attached hydrogens (tertiary/aromatic N) is 3. The first-order chi connectivity index (χ1) is 27.7. The van der Waals surface area contributed by atoms with Gasteiger partial charge in [-0.2, -0.15) is 0 Å². The lowest BCUT2D eigenvalue weighted by Crippen LogP contribution is -2.06. The Morgan fingerprint density at radius 2 is 0.911 bits per heavy atom. The molecule has 0 aliphatic rings. The lowest BCUT2D eigenvalue weighted by molar-refractivity contribution is 0.669. The van der Waals surface area contributed by atoms with Gasteiger partial charge in [-0.25, -0.2) is 9.98 Å². The largest absolute Gasteiger partial charge is 0.456 e. The first kappa shape index (κ1) is 34.3. The molecular weight excluding hydrogens is 683 g/mol. The number of benzene rings is 8. The molecule has 1 heterocycles. The number of furan rings is 1. The summed E-state index contributed by atoms with van der Waals surface area (Å²) in [6.07, 6.45) is 0. The number of aliphatic imine (C=N–C) groups is 3. The van der Waals surface area contributed by atoms with Gasteiger partial charge in [0, 0.05) is 21.9 Å². The summed E-state index contributed by atoms with van der Waals surface area (Å²) in [5.41, 5.74) is 13.6. The van der Waals surface area contributed by atoms with E-state index in [0.29, 0.717) is 18.2 Å². The topological polar surface area (TPSA) is 50.2 Å². The quantitative estimate of drug-likeness (QED) is 0.114. The fourth-order valence-corrected chi connectivity index (χ4v) is 7.20. The predicted octanol–water partition coefficient (Wildman–Crippen LogP) is 13.3. The molecule has 9 aromatic rings. The molecule has 56 heavy (non-hydrogen) atoms. The Hall–Kier alpha value is -7.43. The predicted molar refractivity (Wildman–Crippen MR) is 235 cm³/mol. The summed E-state index contributed by atoms with van der Waals surface area (Å²) in [7, 11) is 0. The zero-order chi connectivity index (χ0) is 37.7. The second-order valence-electron chi connectivity index (χ2n) is 13.7. The Labute approximate surface area is 326 Å². The van der Waals surface area contributed by atoms with E-state index in [1.165, 1.54) is 22.3 Å². The second-order valence-corrected chi connectivity index (χ2v) is 13.7. The van der Waals surface area contributed by atoms with Crippen LogP contribution in [0.2, 0.25) is 0 Å². The maximum atomic E-state index is 6.48. The standard InChI is InChI=1S/C52H37N3O/c1-53-52(47-18-11-19-48-50(47)46-33-32-45(34-49(46)56-48)43-26-24-40(25-27-43)38-16-9-4-10-17-38)55-51(54-35-36-12-5-2-6-13-36)44-30-28-42(29-31-44)41-22-20-39(21-23-41)37-14-7-3-8-15-37/h2-34H,1,35H2/b54-51-,55-52-. The van der Waals surface area contributed by atoms with Gasteiger partial charge < -0.3 is 4.42 Å². The number of hydrogen-bond donors (Lipinski definition) is 0. The summed E-state index contributed by atoms with van der Waals surface area (Å²) < 4.78 is 6.48. The average Bonchev–Trinajstić information content (AvgIpc) is 3.66. The van der Waals surface area contributed by atoms with Crippen molar-refractivity contribution in [2.45, 2.75) is 6.54 Å². The smallest absolute Gasteiger partial charge is 0.161 e. The van der Waals surface area contributed by atoms with Crippen molar-refractivity contribution in [3.8, 4) is 44.5 Å². The Balaban J connectivity index is 1.06. The molecule has 4 heteroatoms. The number of rotatable bonds is 8. The van der Waals surface area contributed by atoms with Gasteiger partial charge in [-0.05, 0) is 75.0 Å². The van der Waals surface area contributed by atoms with E-state index in [1.54, 1.807) is 0 Å². The van der Waals surface area contributed by atoms with Gasteiger partial charge in [-0.15, -0.1) is 0 Å². The van der Waals surface area contributed by atoms with Crippen molar-refractivity contribution in [2.75, 3.05) is 0 Å². The third kappa shape index (κ3) is 7.12. The van der Waals surface area contributed by atoms with Crippen molar-refractivity contribution in [3.63, 3.8) is 0 Å². The van der Waals surface area contributed by atoms with Gasteiger partial charge in [0.15, 0.2) is 11.7 Å². The highest BCUT2D eigenvalue weighted by molar-refractivity contribution is 6.22. The lowest BCUT2D eigenvalue weighted by atomic mass is 9.99. The van der Waals surface area contributed by atoms with Crippen LogP contribution in [0.5, 0.6) is 0 Å². The first-order valence-electron chi connectivity index (χ1n) is 18.7. The lowest BCUT2D eigenvalue weighted by Gasteiger charge is -2.09. The van der Waals surface area contributed by atoms with Crippen LogP contribution >= 0.6 is 0 Å². The minimum atomic E-state index is 0.473. The molecule has 0 radical (unpaired) electrons. The SMILES string of the molecule is C=N/C(=N\C(=N/Cc1ccccc1)c1ccc(-c2ccc(-c3ccccc3)cc2)cc1)c1cccc2oc3cc(-c4ccc(-c5ccccc5)cc4)ccc3c12. The minimum absolute atomic E-state index is 0.473. The van der Waals surface area contributed by atoms with Crippen molar-refractivity contribution in [1.82, 2.24) is 0 Å². The molecule has 0 unspecified atom stereocenters. The van der Waals surface area contributed by atoms with Gasteiger partial charge in [0.05, 0.1) is 6.54 Å². The Morgan fingerprint density at radius 3 is 1.46 bits per heavy atom. The van der Waals surface area contributed by atoms with Gasteiger partial charge in [0.2, 0.25) is 0 Å². The van der Waals surface area contributed by atoms with Crippen LogP contribution in [0, 0.1) is 0 Å². The third-order valence-corrected chi connectivity index (χ3v) is 10.1.